The summed E-state index contributed by atoms with van der Waals surface area (Å²) in [5, 5.41) is 16.6. The molecule has 0 aromatic carbocycles. The molecule has 4 nitrogen and oxygen atoms in total. The Labute approximate surface area is 52.1 Å². The minimum atomic E-state index is -1.64. The number of ketones is 2. The van der Waals surface area contributed by atoms with Crippen LogP contribution in [0.5, 0.6) is 0 Å². The van der Waals surface area contributed by atoms with Gasteiger partial charge in [-0.1, -0.05) is 0 Å². The van der Waals surface area contributed by atoms with Crippen molar-refractivity contribution >= 4 is 11.6 Å². The van der Waals surface area contributed by atoms with Crippen LogP contribution in [0.15, 0.2) is 0 Å². The monoisotopic (exact) mass is 132 g/mol. The van der Waals surface area contributed by atoms with E-state index in [0.29, 0.717) is 0 Å². The van der Waals surface area contributed by atoms with Crippen molar-refractivity contribution in [3.63, 3.8) is 0 Å². The average molecular weight is 132 g/mol. The van der Waals surface area contributed by atoms with Gasteiger partial charge < -0.3 is 10.2 Å². The van der Waals surface area contributed by atoms with Crippen molar-refractivity contribution in [2.45, 2.75) is 13.0 Å². The van der Waals surface area contributed by atoms with Crippen molar-refractivity contribution in [3.8, 4) is 0 Å². The zero-order valence-corrected chi connectivity index (χ0v) is 5.00. The lowest BCUT2D eigenvalue weighted by Crippen LogP contribution is -2.29. The van der Waals surface area contributed by atoms with Crippen LogP contribution in [-0.4, -0.2) is 34.5 Å². The molecule has 0 aromatic rings. The second-order valence-electron chi connectivity index (χ2n) is 1.64. The first-order valence-electron chi connectivity index (χ1n) is 2.41. The fourth-order valence-corrected chi connectivity index (χ4v) is 0.313. The molecule has 0 spiro atoms. The van der Waals surface area contributed by atoms with E-state index >= 15 is 0 Å². The van der Waals surface area contributed by atoms with E-state index in [0.717, 1.165) is 6.92 Å². The topological polar surface area (TPSA) is 74.6 Å². The standard InChI is InChI=1S/C5H8O4/c1-3(7)5(9)4(8)2-6/h5-6,9H,2H2,1H3. The quantitative estimate of drug-likeness (QED) is 0.458. The highest BCUT2D eigenvalue weighted by Gasteiger charge is 2.17. The molecule has 0 radical (unpaired) electrons. The van der Waals surface area contributed by atoms with E-state index in [-0.39, 0.29) is 0 Å². The fraction of sp³-hybridized carbons (Fsp3) is 0.600. The van der Waals surface area contributed by atoms with Crippen LogP contribution in [-0.2, 0) is 9.59 Å². The van der Waals surface area contributed by atoms with Crippen molar-refractivity contribution in [2.75, 3.05) is 6.61 Å². The summed E-state index contributed by atoms with van der Waals surface area (Å²) in [7, 11) is 0. The molecule has 4 heteroatoms. The number of Topliss-reactive ketones (excluding diaryl/α,β-unsaturated/α-hetero) is 2. The molecule has 0 heterocycles. The summed E-state index contributed by atoms with van der Waals surface area (Å²) in [5.74, 6) is -1.50. The van der Waals surface area contributed by atoms with Gasteiger partial charge in [0.05, 0.1) is 0 Å². The van der Waals surface area contributed by atoms with E-state index in [4.69, 9.17) is 10.2 Å². The van der Waals surface area contributed by atoms with Crippen LogP contribution in [0.3, 0.4) is 0 Å². The molecule has 0 bridgehead atoms. The Morgan fingerprint density at radius 2 is 2.00 bits per heavy atom. The van der Waals surface area contributed by atoms with E-state index < -0.39 is 24.3 Å². The van der Waals surface area contributed by atoms with Gasteiger partial charge in [-0.15, -0.1) is 0 Å². The van der Waals surface area contributed by atoms with Gasteiger partial charge >= 0.3 is 0 Å². The number of rotatable bonds is 3. The van der Waals surface area contributed by atoms with Crippen LogP contribution >= 0.6 is 0 Å². The molecule has 0 saturated carbocycles. The fourth-order valence-electron chi connectivity index (χ4n) is 0.313. The van der Waals surface area contributed by atoms with Gasteiger partial charge in [-0.25, -0.2) is 0 Å². The normalized spacial score (nSPS) is 12.8. The highest BCUT2D eigenvalue weighted by atomic mass is 16.3. The lowest BCUT2D eigenvalue weighted by atomic mass is 10.2. The highest BCUT2D eigenvalue weighted by molar-refractivity contribution is 6.04. The summed E-state index contributed by atoms with van der Waals surface area (Å²) in [6.45, 7) is 0.291. The molecule has 0 rings (SSSR count). The average Bonchev–Trinajstić information content (AvgIpc) is 1.84. The molecule has 0 saturated heterocycles. The molecule has 0 aliphatic heterocycles. The predicted octanol–water partition coefficient (Wildman–Crippen LogP) is -1.50. The Morgan fingerprint density at radius 1 is 1.56 bits per heavy atom. The SMILES string of the molecule is CC(=O)C(O)C(=O)CO. The Morgan fingerprint density at radius 3 is 2.11 bits per heavy atom. The Balaban J connectivity index is 3.88. The molecule has 0 aliphatic carbocycles. The first kappa shape index (κ1) is 8.26. The van der Waals surface area contributed by atoms with E-state index in [1.165, 1.54) is 0 Å². The lowest BCUT2D eigenvalue weighted by molar-refractivity contribution is -0.139. The lowest BCUT2D eigenvalue weighted by Gasteiger charge is -2.00. The van der Waals surface area contributed by atoms with Crippen LogP contribution in [0.25, 0.3) is 0 Å². The molecule has 0 fully saturated rings. The molecule has 2 N–H and O–H groups in total. The Bertz CT molecular complexity index is 129. The zero-order chi connectivity index (χ0) is 7.44. The van der Waals surface area contributed by atoms with Crippen molar-refractivity contribution in [3.05, 3.63) is 0 Å². The Kier molecular flexibility index (Phi) is 3.05. The first-order valence-corrected chi connectivity index (χ1v) is 2.41. The summed E-state index contributed by atoms with van der Waals surface area (Å²) < 4.78 is 0. The molecule has 0 amide bonds. The van der Waals surface area contributed by atoms with Crippen LogP contribution in [0.2, 0.25) is 0 Å². The van der Waals surface area contributed by atoms with Crippen LogP contribution in [0.1, 0.15) is 6.92 Å². The maximum atomic E-state index is 10.2. The second kappa shape index (κ2) is 3.32. The van der Waals surface area contributed by atoms with Gasteiger partial charge in [0, 0.05) is 0 Å². The minimum absolute atomic E-state index is 0.644. The minimum Gasteiger partial charge on any atom is -0.388 e. The van der Waals surface area contributed by atoms with Gasteiger partial charge in [-0.2, -0.15) is 0 Å². The molecule has 9 heavy (non-hydrogen) atoms. The number of hydrogen-bond acceptors (Lipinski definition) is 4. The van der Waals surface area contributed by atoms with Crippen molar-refractivity contribution < 1.29 is 19.8 Å². The smallest absolute Gasteiger partial charge is 0.194 e. The predicted molar refractivity (Wildman–Crippen MR) is 28.8 cm³/mol. The number of carbonyl (C=O) groups is 2. The van der Waals surface area contributed by atoms with Crippen molar-refractivity contribution in [1.29, 1.82) is 0 Å². The number of hydrogen-bond donors (Lipinski definition) is 2. The maximum absolute atomic E-state index is 10.2. The van der Waals surface area contributed by atoms with E-state index in [9.17, 15) is 9.59 Å². The van der Waals surface area contributed by atoms with Gasteiger partial charge in [-0.3, -0.25) is 9.59 Å². The third-order valence-corrected chi connectivity index (χ3v) is 0.846. The third-order valence-electron chi connectivity index (χ3n) is 0.846. The van der Waals surface area contributed by atoms with Crippen LogP contribution in [0.4, 0.5) is 0 Å². The van der Waals surface area contributed by atoms with Crippen molar-refractivity contribution in [2.24, 2.45) is 0 Å². The summed E-state index contributed by atoms with van der Waals surface area (Å²) in [6.07, 6.45) is -1.64. The molecular formula is C5H8O4. The number of carbonyl (C=O) groups excluding carboxylic acids is 2. The second-order valence-corrected chi connectivity index (χ2v) is 1.64. The summed E-state index contributed by atoms with van der Waals surface area (Å²) in [4.78, 5) is 20.4. The summed E-state index contributed by atoms with van der Waals surface area (Å²) >= 11 is 0. The summed E-state index contributed by atoms with van der Waals surface area (Å²) in [6, 6.07) is 0. The van der Waals surface area contributed by atoms with Crippen LogP contribution < -0.4 is 0 Å². The number of aliphatic hydroxyl groups excluding tert-OH is 2. The van der Waals surface area contributed by atoms with Gasteiger partial charge in [0.25, 0.3) is 0 Å². The third kappa shape index (κ3) is 2.34. The maximum Gasteiger partial charge on any atom is 0.194 e. The molecular weight excluding hydrogens is 124 g/mol. The van der Waals surface area contributed by atoms with Crippen molar-refractivity contribution in [1.82, 2.24) is 0 Å². The number of aliphatic hydroxyl groups is 2. The van der Waals surface area contributed by atoms with E-state index in [1.54, 1.807) is 0 Å². The zero-order valence-electron chi connectivity index (χ0n) is 5.00. The molecule has 1 atom stereocenters. The van der Waals surface area contributed by atoms with E-state index in [1.807, 2.05) is 0 Å². The van der Waals surface area contributed by atoms with E-state index in [2.05, 4.69) is 0 Å². The Hall–Kier alpha value is -0.740. The molecule has 0 aromatic heterocycles. The highest BCUT2D eigenvalue weighted by Crippen LogP contribution is 1.85. The molecule has 52 valence electrons. The van der Waals surface area contributed by atoms with Crippen LogP contribution in [0, 0.1) is 0 Å². The molecule has 1 unspecified atom stereocenters. The van der Waals surface area contributed by atoms with Gasteiger partial charge in [0.15, 0.2) is 17.7 Å². The molecule has 0 aliphatic rings. The van der Waals surface area contributed by atoms with Gasteiger partial charge in [0.1, 0.15) is 6.61 Å². The largest absolute Gasteiger partial charge is 0.388 e. The summed E-state index contributed by atoms with van der Waals surface area (Å²) in [5.41, 5.74) is 0. The van der Waals surface area contributed by atoms with Gasteiger partial charge in [-0.05, 0) is 6.92 Å². The van der Waals surface area contributed by atoms with Gasteiger partial charge in [0.2, 0.25) is 0 Å². The first-order chi connectivity index (χ1) is 4.09.